The highest BCUT2D eigenvalue weighted by Gasteiger charge is 2.48. The largest absolute Gasteiger partial charge is 0.507 e. The van der Waals surface area contributed by atoms with Gasteiger partial charge in [0.15, 0.2) is 4.34 Å². The van der Waals surface area contributed by atoms with E-state index in [1.165, 1.54) is 44.9 Å². The number of aryl methyl sites for hydroxylation is 1. The number of Topliss-reactive ketones (excluding diaryl/α,β-unsaturated/α-hetero) is 1. The second-order valence-electron chi connectivity index (χ2n) is 8.04. The van der Waals surface area contributed by atoms with Gasteiger partial charge in [0.05, 0.1) is 12.7 Å². The van der Waals surface area contributed by atoms with Crippen LogP contribution in [-0.2, 0) is 15.3 Å². The van der Waals surface area contributed by atoms with Crippen molar-refractivity contribution in [3.8, 4) is 5.75 Å². The number of carbonyl (C=O) groups excluding carboxylic acids is 2. The fourth-order valence-electron chi connectivity index (χ4n) is 3.84. The monoisotopic (exact) mass is 535 g/mol. The molecule has 1 unspecified atom stereocenters. The molecule has 182 valence electrons. The first-order chi connectivity index (χ1) is 17.5. The van der Waals surface area contributed by atoms with Gasteiger partial charge in [0.1, 0.15) is 17.6 Å². The number of ether oxygens (including phenoxy) is 1. The molecule has 3 heterocycles. The number of anilines is 1. The molecule has 2 aromatic carbocycles. The van der Waals surface area contributed by atoms with Crippen LogP contribution in [-0.4, -0.2) is 34.1 Å². The molecule has 2 aromatic heterocycles. The number of aromatic nitrogens is 2. The Morgan fingerprint density at radius 2 is 1.83 bits per heavy atom. The van der Waals surface area contributed by atoms with Crippen molar-refractivity contribution in [3.63, 3.8) is 0 Å². The lowest BCUT2D eigenvalue weighted by molar-refractivity contribution is -0.132. The number of amides is 1. The number of aliphatic hydroxyl groups excluding tert-OH is 1. The molecule has 1 aliphatic rings. The SMILES string of the molecule is COc1ccc(/C(O)=C2/C(=O)C(=O)N(c3nnc(SCc4ccc(C)cc4)s3)C2c2cccs2)cc1. The lowest BCUT2D eigenvalue weighted by atomic mass is 10.00. The summed E-state index contributed by atoms with van der Waals surface area (Å²) in [5.41, 5.74) is 2.79. The minimum absolute atomic E-state index is 0.0247. The van der Waals surface area contributed by atoms with Crippen molar-refractivity contribution < 1.29 is 19.4 Å². The van der Waals surface area contributed by atoms with E-state index in [4.69, 9.17) is 4.74 Å². The van der Waals surface area contributed by atoms with Crippen LogP contribution in [0.1, 0.15) is 27.6 Å². The van der Waals surface area contributed by atoms with Crippen LogP contribution in [0.15, 0.2) is 76.0 Å². The van der Waals surface area contributed by atoms with E-state index in [1.54, 1.807) is 31.4 Å². The molecular weight excluding hydrogens is 515 g/mol. The van der Waals surface area contributed by atoms with Gasteiger partial charge >= 0.3 is 5.91 Å². The molecule has 1 atom stereocenters. The number of nitrogens with zero attached hydrogens (tertiary/aromatic N) is 3. The van der Waals surface area contributed by atoms with E-state index in [0.717, 1.165) is 10.4 Å². The van der Waals surface area contributed by atoms with Gasteiger partial charge in [0.25, 0.3) is 5.78 Å². The van der Waals surface area contributed by atoms with Gasteiger partial charge in [-0.05, 0) is 48.2 Å². The molecule has 5 rings (SSSR count). The number of benzene rings is 2. The molecule has 1 saturated heterocycles. The van der Waals surface area contributed by atoms with Crippen LogP contribution in [0.5, 0.6) is 5.75 Å². The zero-order valence-corrected chi connectivity index (χ0v) is 21.8. The summed E-state index contributed by atoms with van der Waals surface area (Å²) in [7, 11) is 1.55. The Kier molecular flexibility index (Phi) is 6.90. The van der Waals surface area contributed by atoms with Crippen LogP contribution in [0.3, 0.4) is 0 Å². The van der Waals surface area contributed by atoms with Gasteiger partial charge in [-0.15, -0.1) is 21.5 Å². The lowest BCUT2D eigenvalue weighted by Gasteiger charge is -2.20. The zero-order valence-electron chi connectivity index (χ0n) is 19.4. The predicted octanol–water partition coefficient (Wildman–Crippen LogP) is 5.84. The number of carbonyl (C=O) groups is 2. The smallest absolute Gasteiger partial charge is 0.301 e. The average Bonchev–Trinajstić information content (AvgIpc) is 3.64. The predicted molar refractivity (Wildman–Crippen MR) is 143 cm³/mol. The molecule has 0 bridgehead atoms. The van der Waals surface area contributed by atoms with Crippen molar-refractivity contribution in [1.29, 1.82) is 0 Å². The summed E-state index contributed by atoms with van der Waals surface area (Å²) < 4.78 is 5.87. The van der Waals surface area contributed by atoms with E-state index in [2.05, 4.69) is 34.5 Å². The first kappa shape index (κ1) is 24.2. The van der Waals surface area contributed by atoms with Crippen LogP contribution in [0.4, 0.5) is 5.13 Å². The number of thiophene rings is 1. The Balaban J connectivity index is 1.49. The van der Waals surface area contributed by atoms with Gasteiger partial charge in [-0.2, -0.15) is 0 Å². The van der Waals surface area contributed by atoms with Crippen molar-refractivity contribution >= 4 is 57.0 Å². The Labute approximate surface area is 220 Å². The minimum atomic E-state index is -0.796. The highest BCUT2D eigenvalue weighted by Crippen LogP contribution is 2.45. The van der Waals surface area contributed by atoms with Crippen molar-refractivity contribution in [2.24, 2.45) is 0 Å². The molecule has 0 aliphatic carbocycles. The first-order valence-electron chi connectivity index (χ1n) is 11.0. The third kappa shape index (κ3) is 4.67. The topological polar surface area (TPSA) is 92.6 Å². The maximum atomic E-state index is 13.2. The summed E-state index contributed by atoms with van der Waals surface area (Å²) in [6.07, 6.45) is 0. The summed E-state index contributed by atoms with van der Waals surface area (Å²) in [4.78, 5) is 28.5. The number of hydrogen-bond acceptors (Lipinski definition) is 9. The third-order valence-corrected chi connectivity index (χ3v) is 8.76. The number of thioether (sulfide) groups is 1. The van der Waals surface area contributed by atoms with E-state index >= 15 is 0 Å². The number of aliphatic hydroxyl groups is 1. The van der Waals surface area contributed by atoms with Gasteiger partial charge < -0.3 is 9.84 Å². The molecule has 1 N–H and O–H groups in total. The summed E-state index contributed by atoms with van der Waals surface area (Å²) in [6, 6.07) is 17.8. The molecule has 1 amide bonds. The number of rotatable bonds is 7. The molecule has 7 nitrogen and oxygen atoms in total. The fraction of sp³-hybridized carbons (Fsp3) is 0.154. The van der Waals surface area contributed by atoms with Gasteiger partial charge in [0, 0.05) is 16.2 Å². The second kappa shape index (κ2) is 10.3. The Hall–Kier alpha value is -3.47. The van der Waals surface area contributed by atoms with Gasteiger partial charge in [-0.3, -0.25) is 14.5 Å². The van der Waals surface area contributed by atoms with Crippen molar-refractivity contribution in [1.82, 2.24) is 10.2 Å². The summed E-state index contributed by atoms with van der Waals surface area (Å²) in [5, 5.41) is 21.8. The minimum Gasteiger partial charge on any atom is -0.507 e. The molecule has 10 heteroatoms. The molecular formula is C26H21N3O4S3. The van der Waals surface area contributed by atoms with Crippen LogP contribution >= 0.6 is 34.4 Å². The van der Waals surface area contributed by atoms with Crippen LogP contribution in [0, 0.1) is 6.92 Å². The normalized spacial score (nSPS) is 17.1. The lowest BCUT2D eigenvalue weighted by Crippen LogP contribution is -2.29. The summed E-state index contributed by atoms with van der Waals surface area (Å²) in [6.45, 7) is 2.04. The highest BCUT2D eigenvalue weighted by molar-refractivity contribution is 8.00. The standard InChI is InChI=1S/C26H21N3O4S3/c1-15-5-7-16(8-6-15)14-35-26-28-27-25(36-26)29-21(19-4-3-13-34-19)20(23(31)24(29)32)22(30)17-9-11-18(33-2)12-10-17/h3-13,21,30H,14H2,1-2H3/b22-20-. The molecule has 0 spiro atoms. The van der Waals surface area contributed by atoms with Crippen LogP contribution < -0.4 is 9.64 Å². The fourth-order valence-corrected chi connectivity index (χ4v) is 6.48. The molecule has 1 aliphatic heterocycles. The molecule has 0 saturated carbocycles. The van der Waals surface area contributed by atoms with Crippen molar-refractivity contribution in [2.75, 3.05) is 12.0 Å². The van der Waals surface area contributed by atoms with E-state index in [9.17, 15) is 14.7 Å². The second-order valence-corrected chi connectivity index (χ2v) is 11.2. The van der Waals surface area contributed by atoms with E-state index in [1.807, 2.05) is 24.4 Å². The highest BCUT2D eigenvalue weighted by atomic mass is 32.2. The Bertz CT molecular complexity index is 1430. The van der Waals surface area contributed by atoms with Crippen molar-refractivity contribution in [3.05, 3.63) is 93.2 Å². The number of hydrogen-bond donors (Lipinski definition) is 1. The average molecular weight is 536 g/mol. The Morgan fingerprint density at radius 3 is 2.50 bits per heavy atom. The molecule has 1 fully saturated rings. The summed E-state index contributed by atoms with van der Waals surface area (Å²) >= 11 is 4.17. The quantitative estimate of drug-likeness (QED) is 0.105. The van der Waals surface area contributed by atoms with Crippen LogP contribution in [0.25, 0.3) is 5.76 Å². The van der Waals surface area contributed by atoms with Crippen molar-refractivity contribution in [2.45, 2.75) is 23.1 Å². The maximum absolute atomic E-state index is 13.2. The third-order valence-electron chi connectivity index (χ3n) is 5.71. The summed E-state index contributed by atoms with van der Waals surface area (Å²) in [5.74, 6) is -0.415. The van der Waals surface area contributed by atoms with Gasteiger partial charge in [-0.1, -0.05) is 59.0 Å². The van der Waals surface area contributed by atoms with E-state index in [0.29, 0.717) is 26.5 Å². The van der Waals surface area contributed by atoms with E-state index in [-0.39, 0.29) is 11.3 Å². The Morgan fingerprint density at radius 1 is 1.08 bits per heavy atom. The van der Waals surface area contributed by atoms with Gasteiger partial charge in [-0.25, -0.2) is 0 Å². The first-order valence-corrected chi connectivity index (χ1v) is 13.6. The zero-order chi connectivity index (χ0) is 25.2. The number of methoxy groups -OCH3 is 1. The van der Waals surface area contributed by atoms with Crippen LogP contribution in [0.2, 0.25) is 0 Å². The maximum Gasteiger partial charge on any atom is 0.301 e. The van der Waals surface area contributed by atoms with Gasteiger partial charge in [0.2, 0.25) is 5.13 Å². The van der Waals surface area contributed by atoms with E-state index < -0.39 is 17.7 Å². The molecule has 0 radical (unpaired) electrons. The molecule has 36 heavy (non-hydrogen) atoms. The number of ketones is 1. The molecule has 4 aromatic rings.